The first-order valence-electron chi connectivity index (χ1n) is 16.0. The van der Waals surface area contributed by atoms with E-state index < -0.39 is 63.9 Å². The van der Waals surface area contributed by atoms with Crippen LogP contribution in [0.5, 0.6) is 0 Å². The minimum atomic E-state index is -1.54. The second-order valence-electron chi connectivity index (χ2n) is 12.7. The van der Waals surface area contributed by atoms with Gasteiger partial charge in [0.2, 0.25) is 11.3 Å². The van der Waals surface area contributed by atoms with Crippen LogP contribution >= 0.6 is 11.8 Å². The molecular formula is C34H32FN5O9S. The third-order valence-electron chi connectivity index (χ3n) is 9.59. The highest BCUT2D eigenvalue weighted by atomic mass is 32.2. The molecule has 3 aliphatic heterocycles. The number of halogens is 1. The van der Waals surface area contributed by atoms with Crippen molar-refractivity contribution in [3.05, 3.63) is 87.1 Å². The fourth-order valence-corrected chi connectivity index (χ4v) is 8.25. The molecule has 4 aliphatic rings. The highest BCUT2D eigenvalue weighted by molar-refractivity contribution is 8.00. The molecule has 1 aliphatic carbocycles. The van der Waals surface area contributed by atoms with Crippen molar-refractivity contribution in [2.45, 2.75) is 36.2 Å². The Morgan fingerprint density at radius 1 is 0.960 bits per heavy atom. The molecule has 1 saturated carbocycles. The van der Waals surface area contributed by atoms with Crippen molar-refractivity contribution >= 4 is 58.1 Å². The number of carboxylic acid groups (broad SMARTS) is 3. The number of fused-ring (bicyclic) bond motifs is 2. The van der Waals surface area contributed by atoms with Crippen molar-refractivity contribution in [1.29, 1.82) is 0 Å². The highest BCUT2D eigenvalue weighted by Crippen LogP contribution is 2.41. The van der Waals surface area contributed by atoms with Crippen LogP contribution < -0.4 is 15.6 Å². The number of benzene rings is 2. The summed E-state index contributed by atoms with van der Waals surface area (Å²) in [6, 6.07) is 9.56. The summed E-state index contributed by atoms with van der Waals surface area (Å²) in [6.45, 7) is 1.90. The van der Waals surface area contributed by atoms with Crippen molar-refractivity contribution in [3.8, 4) is 0 Å². The lowest BCUT2D eigenvalue weighted by Gasteiger charge is -2.50. The number of nitrogens with one attached hydrogen (secondary N) is 1. The van der Waals surface area contributed by atoms with E-state index in [0.717, 1.165) is 23.8 Å². The number of carboxylic acids is 3. The average molecular weight is 706 g/mol. The number of anilines is 1. The van der Waals surface area contributed by atoms with Crippen LogP contribution in [0.25, 0.3) is 10.9 Å². The quantitative estimate of drug-likeness (QED) is 0.177. The maximum Gasteiger partial charge on any atom is 0.352 e. The molecule has 4 heterocycles. The molecule has 1 unspecified atom stereocenters. The topological polar surface area (TPSA) is 190 Å². The van der Waals surface area contributed by atoms with Gasteiger partial charge in [-0.15, -0.1) is 11.8 Å². The van der Waals surface area contributed by atoms with Gasteiger partial charge in [-0.25, -0.2) is 14.0 Å². The Balaban J connectivity index is 1.04. The lowest BCUT2D eigenvalue weighted by Crippen LogP contribution is -2.71. The van der Waals surface area contributed by atoms with Crippen LogP contribution in [0, 0.1) is 5.82 Å². The fourth-order valence-electron chi connectivity index (χ4n) is 6.92. The van der Waals surface area contributed by atoms with E-state index in [-0.39, 0.29) is 40.7 Å². The molecule has 1 aromatic heterocycles. The maximum absolute atomic E-state index is 15.5. The molecule has 0 bridgehead atoms. The van der Waals surface area contributed by atoms with Crippen LogP contribution in [-0.4, -0.2) is 109 Å². The van der Waals surface area contributed by atoms with Crippen LogP contribution in [0.4, 0.5) is 10.1 Å². The fraction of sp³-hybridized carbons (Fsp3) is 0.353. The second kappa shape index (κ2) is 12.9. The lowest BCUT2D eigenvalue weighted by atomic mass is 9.96. The number of pyridine rings is 1. The first kappa shape index (κ1) is 33.3. The predicted octanol–water partition coefficient (Wildman–Crippen LogP) is 1.90. The molecule has 16 heteroatoms. The number of hydrogen-bond acceptors (Lipinski definition) is 9. The molecule has 0 radical (unpaired) electrons. The molecule has 2 amide bonds. The smallest absolute Gasteiger partial charge is 0.352 e. The van der Waals surface area contributed by atoms with E-state index in [1.807, 2.05) is 9.80 Å². The molecule has 0 spiro atoms. The van der Waals surface area contributed by atoms with Crippen molar-refractivity contribution in [2.24, 2.45) is 0 Å². The Labute approximate surface area is 287 Å². The number of hydrogen-bond donors (Lipinski definition) is 4. The first-order chi connectivity index (χ1) is 23.9. The Hall–Kier alpha value is -5.22. The van der Waals surface area contributed by atoms with Gasteiger partial charge in [0.25, 0.3) is 5.91 Å². The van der Waals surface area contributed by atoms with E-state index >= 15 is 4.39 Å². The number of rotatable bonds is 10. The average Bonchev–Trinajstić information content (AvgIpc) is 3.93. The zero-order chi connectivity index (χ0) is 35.4. The van der Waals surface area contributed by atoms with E-state index in [1.165, 1.54) is 30.1 Å². The van der Waals surface area contributed by atoms with E-state index in [2.05, 4.69) is 5.32 Å². The molecule has 50 heavy (non-hydrogen) atoms. The van der Waals surface area contributed by atoms with Crippen molar-refractivity contribution < 1.29 is 43.7 Å². The van der Waals surface area contributed by atoms with Gasteiger partial charge in [0.05, 0.1) is 11.2 Å². The monoisotopic (exact) mass is 705 g/mol. The van der Waals surface area contributed by atoms with Gasteiger partial charge in [0, 0.05) is 56.1 Å². The third-order valence-corrected chi connectivity index (χ3v) is 10.9. The molecule has 7 rings (SSSR count). The van der Waals surface area contributed by atoms with E-state index in [1.54, 1.807) is 28.8 Å². The maximum atomic E-state index is 15.5. The van der Waals surface area contributed by atoms with Gasteiger partial charge >= 0.3 is 17.9 Å². The second-order valence-corrected chi connectivity index (χ2v) is 13.8. The summed E-state index contributed by atoms with van der Waals surface area (Å²) >= 11 is 1.28. The number of nitrogens with zero attached hydrogens (tertiary/aromatic N) is 4. The van der Waals surface area contributed by atoms with Crippen LogP contribution in [0.2, 0.25) is 0 Å². The molecule has 4 N–H and O–H groups in total. The zero-order valence-electron chi connectivity index (χ0n) is 26.5. The molecule has 2 aromatic carbocycles. The Bertz CT molecular complexity index is 2040. The highest BCUT2D eigenvalue weighted by Gasteiger charge is 2.55. The van der Waals surface area contributed by atoms with Gasteiger partial charge in [-0.3, -0.25) is 29.0 Å². The molecule has 3 aromatic rings. The zero-order valence-corrected chi connectivity index (χ0v) is 27.3. The van der Waals surface area contributed by atoms with E-state index in [4.69, 9.17) is 0 Å². The summed E-state index contributed by atoms with van der Waals surface area (Å²) < 4.78 is 17.2. The normalized spacial score (nSPS) is 21.4. The number of piperazine rings is 1. The molecule has 3 atom stereocenters. The number of β-lactam (4-membered cyclic amide) rings is 1. The van der Waals surface area contributed by atoms with E-state index in [9.17, 15) is 44.1 Å². The Morgan fingerprint density at radius 3 is 2.28 bits per heavy atom. The number of carbonyl (C=O) groups is 5. The number of aromatic carboxylic acids is 1. The number of amides is 2. The van der Waals surface area contributed by atoms with Crippen LogP contribution in [-0.2, 0) is 19.2 Å². The third kappa shape index (κ3) is 5.87. The molecule has 260 valence electrons. The Morgan fingerprint density at radius 2 is 1.66 bits per heavy atom. The summed E-state index contributed by atoms with van der Waals surface area (Å²) in [5.74, 6) is -7.45. The van der Waals surface area contributed by atoms with Gasteiger partial charge in [0.1, 0.15) is 28.5 Å². The molecule has 2 saturated heterocycles. The summed E-state index contributed by atoms with van der Waals surface area (Å²) in [5.41, 5.74) is 0.220. The van der Waals surface area contributed by atoms with Gasteiger partial charge < -0.3 is 30.1 Å². The standard InChI is InChI=1S/C34H32FN5O9S/c35-22-12-20-23(39(19-6-7-19)15-21(28(20)41)32(44)45)13-24(22)38-10-8-37(9-11-38)14-18-16-50-31-26(30(43)40(31)27(18)34(48)49)36-29(42)25(33(46)47)17-4-2-1-3-5-17/h1-5,12-13,15,19,25-26,31H,6-11,14,16H2,(H,36,42)(H,44,45)(H,46,47)(H,48,49)/t25?,26-,31-/m0/s1. The summed E-state index contributed by atoms with van der Waals surface area (Å²) in [6.07, 6.45) is 2.99. The minimum absolute atomic E-state index is 0.0122. The Kier molecular flexibility index (Phi) is 8.59. The van der Waals surface area contributed by atoms with Gasteiger partial charge in [0.15, 0.2) is 5.92 Å². The summed E-state index contributed by atoms with van der Waals surface area (Å²) in [4.78, 5) is 80.1. The van der Waals surface area contributed by atoms with Crippen molar-refractivity contribution in [1.82, 2.24) is 19.7 Å². The van der Waals surface area contributed by atoms with Crippen LogP contribution in [0.15, 0.2) is 64.7 Å². The van der Waals surface area contributed by atoms with Gasteiger partial charge in [-0.2, -0.15) is 0 Å². The van der Waals surface area contributed by atoms with Crippen LogP contribution in [0.3, 0.4) is 0 Å². The van der Waals surface area contributed by atoms with Crippen LogP contribution in [0.1, 0.15) is 40.7 Å². The van der Waals surface area contributed by atoms with E-state index in [0.29, 0.717) is 37.3 Å². The number of thioether (sulfide) groups is 1. The van der Waals surface area contributed by atoms with Crippen molar-refractivity contribution in [2.75, 3.05) is 43.4 Å². The number of aromatic nitrogens is 1. The molecular weight excluding hydrogens is 673 g/mol. The summed E-state index contributed by atoms with van der Waals surface area (Å²) in [7, 11) is 0. The largest absolute Gasteiger partial charge is 0.480 e. The predicted molar refractivity (Wildman–Crippen MR) is 179 cm³/mol. The van der Waals surface area contributed by atoms with Gasteiger partial charge in [-0.1, -0.05) is 30.3 Å². The minimum Gasteiger partial charge on any atom is -0.480 e. The SMILES string of the molecule is O=C(O)C1=C(CN2CCN(c3cc4c(cc3F)c(=O)c(C(=O)O)cn4C3CC3)CC2)CS[C@H]2[C@@H](NC(=O)C(C(=O)O)c3ccccc3)C(=O)N12. The molecule has 14 nitrogen and oxygen atoms in total. The van der Waals surface area contributed by atoms with Crippen molar-refractivity contribution in [3.63, 3.8) is 0 Å². The number of carbonyl (C=O) groups excluding carboxylic acids is 2. The van der Waals surface area contributed by atoms with Gasteiger partial charge in [-0.05, 0) is 36.1 Å². The molecule has 3 fully saturated rings. The summed E-state index contributed by atoms with van der Waals surface area (Å²) in [5, 5.41) is 31.2. The first-order valence-corrected chi connectivity index (χ1v) is 17.1. The lowest BCUT2D eigenvalue weighted by molar-refractivity contribution is -0.152. The number of aliphatic carboxylic acids is 2.